The average molecular weight is 486 g/mol. The minimum Gasteiger partial charge on any atom is -0.497 e. The van der Waals surface area contributed by atoms with Crippen molar-refractivity contribution in [1.29, 1.82) is 0 Å². The van der Waals surface area contributed by atoms with Gasteiger partial charge in [0.15, 0.2) is 0 Å². The third-order valence-electron chi connectivity index (χ3n) is 6.74. The molecule has 5 rings (SSSR count). The zero-order valence-corrected chi connectivity index (χ0v) is 20.0. The first-order valence-electron chi connectivity index (χ1n) is 11.8. The smallest absolute Gasteiger partial charge is 0.252 e. The fourth-order valence-electron chi connectivity index (χ4n) is 4.73. The molecule has 1 aliphatic heterocycles. The number of methoxy groups -OCH3 is 1. The molecule has 184 valence electrons. The van der Waals surface area contributed by atoms with Gasteiger partial charge in [0.25, 0.3) is 5.91 Å². The fraction of sp³-hybridized carbons (Fsp3) is 0.259. The van der Waals surface area contributed by atoms with Crippen LogP contribution in [0.2, 0.25) is 0 Å². The summed E-state index contributed by atoms with van der Waals surface area (Å²) < 4.78 is 7.11. The Morgan fingerprint density at radius 3 is 2.56 bits per heavy atom. The number of ether oxygens (including phenoxy) is 1. The van der Waals surface area contributed by atoms with Gasteiger partial charge in [-0.1, -0.05) is 30.4 Å². The van der Waals surface area contributed by atoms with Crippen LogP contribution in [0.3, 0.4) is 0 Å². The Labute approximate surface area is 208 Å². The molecule has 3 amide bonds. The number of amides is 3. The van der Waals surface area contributed by atoms with Crippen LogP contribution in [0.1, 0.15) is 40.6 Å². The molecule has 9 heteroatoms. The second-order valence-corrected chi connectivity index (χ2v) is 8.93. The fourth-order valence-corrected chi connectivity index (χ4v) is 4.73. The number of hydrogen-bond acceptors (Lipinski definition) is 5. The molecule has 3 aromatic rings. The van der Waals surface area contributed by atoms with Gasteiger partial charge in [-0.3, -0.25) is 19.8 Å². The Morgan fingerprint density at radius 2 is 1.86 bits per heavy atom. The quantitative estimate of drug-likeness (QED) is 0.523. The van der Waals surface area contributed by atoms with E-state index in [9.17, 15) is 14.4 Å². The first-order valence-corrected chi connectivity index (χ1v) is 11.8. The molecule has 3 atom stereocenters. The number of aromatic nitrogens is 2. The number of anilines is 1. The molecule has 3 unspecified atom stereocenters. The van der Waals surface area contributed by atoms with Gasteiger partial charge in [0.05, 0.1) is 24.6 Å². The molecule has 0 bridgehead atoms. The van der Waals surface area contributed by atoms with Crippen LogP contribution in [0, 0.1) is 11.8 Å². The number of imidazole rings is 1. The van der Waals surface area contributed by atoms with E-state index in [1.54, 1.807) is 37.6 Å². The van der Waals surface area contributed by atoms with Gasteiger partial charge in [0.2, 0.25) is 11.8 Å². The number of carbonyl (C=O) groups is 3. The Morgan fingerprint density at radius 1 is 1.11 bits per heavy atom. The Hall–Kier alpha value is -4.40. The van der Waals surface area contributed by atoms with Crippen molar-refractivity contribution in [2.24, 2.45) is 18.9 Å². The Bertz CT molecular complexity index is 1330. The van der Waals surface area contributed by atoms with Gasteiger partial charge in [-0.2, -0.15) is 0 Å². The van der Waals surface area contributed by atoms with Crippen LogP contribution in [0.5, 0.6) is 5.75 Å². The number of nitrogens with zero attached hydrogens (tertiary/aromatic N) is 3. The third-order valence-corrected chi connectivity index (χ3v) is 6.74. The largest absolute Gasteiger partial charge is 0.497 e. The van der Waals surface area contributed by atoms with E-state index in [4.69, 9.17) is 4.74 Å². The maximum atomic E-state index is 13.4. The molecular formula is C27H27N5O4. The highest BCUT2D eigenvalue weighted by Crippen LogP contribution is 2.32. The van der Waals surface area contributed by atoms with E-state index in [0.717, 1.165) is 5.56 Å². The number of allylic oxidation sites excluding steroid dienone is 2. The number of nitrogens with one attached hydrogen (secondary N) is 2. The van der Waals surface area contributed by atoms with Gasteiger partial charge in [0, 0.05) is 25.0 Å². The molecule has 1 aliphatic carbocycles. The van der Waals surface area contributed by atoms with Gasteiger partial charge in [0.1, 0.15) is 17.6 Å². The van der Waals surface area contributed by atoms with Crippen LogP contribution in [-0.4, -0.2) is 34.4 Å². The number of carbonyl (C=O) groups excluding carboxylic acids is 3. The SMILES string of the molecule is COc1ccc(C(NC(=O)c2cccc(N3NC(=O)C4CC=CCC4C3=O)c2)c2nccn2C)cc1. The van der Waals surface area contributed by atoms with Gasteiger partial charge in [-0.15, -0.1) is 0 Å². The van der Waals surface area contributed by atoms with Crippen molar-refractivity contribution in [3.8, 4) is 5.75 Å². The number of rotatable bonds is 6. The predicted octanol–water partition coefficient (Wildman–Crippen LogP) is 2.91. The van der Waals surface area contributed by atoms with E-state index >= 15 is 0 Å². The summed E-state index contributed by atoms with van der Waals surface area (Å²) in [4.78, 5) is 43.6. The van der Waals surface area contributed by atoms with Crippen LogP contribution in [-0.2, 0) is 16.6 Å². The monoisotopic (exact) mass is 485 g/mol. The molecule has 2 aromatic carbocycles. The zero-order chi connectivity index (χ0) is 25.2. The van der Waals surface area contributed by atoms with Crippen molar-refractivity contribution < 1.29 is 19.1 Å². The number of hydrazine groups is 1. The molecule has 0 radical (unpaired) electrons. The van der Waals surface area contributed by atoms with E-state index in [2.05, 4.69) is 15.7 Å². The molecule has 2 N–H and O–H groups in total. The van der Waals surface area contributed by atoms with Gasteiger partial charge < -0.3 is 14.6 Å². The lowest BCUT2D eigenvalue weighted by molar-refractivity contribution is -0.139. The summed E-state index contributed by atoms with van der Waals surface area (Å²) in [5.74, 6) is -0.0778. The van der Waals surface area contributed by atoms with Crippen molar-refractivity contribution in [3.05, 3.63) is 90.0 Å². The number of benzene rings is 2. The summed E-state index contributed by atoms with van der Waals surface area (Å²) in [7, 11) is 3.46. The highest BCUT2D eigenvalue weighted by atomic mass is 16.5. The maximum Gasteiger partial charge on any atom is 0.252 e. The summed E-state index contributed by atoms with van der Waals surface area (Å²) in [6.07, 6.45) is 8.46. The lowest BCUT2D eigenvalue weighted by Crippen LogP contribution is -2.59. The van der Waals surface area contributed by atoms with Crippen molar-refractivity contribution in [1.82, 2.24) is 20.3 Å². The Balaban J connectivity index is 1.41. The minimum atomic E-state index is -0.516. The predicted molar refractivity (Wildman–Crippen MR) is 133 cm³/mol. The minimum absolute atomic E-state index is 0.175. The topological polar surface area (TPSA) is 106 Å². The zero-order valence-electron chi connectivity index (χ0n) is 20.0. The molecule has 0 saturated carbocycles. The molecule has 2 aliphatic rings. The number of fused-ring (bicyclic) bond motifs is 1. The van der Waals surface area contributed by atoms with E-state index in [1.807, 2.05) is 54.2 Å². The lowest BCUT2D eigenvalue weighted by Gasteiger charge is -2.38. The third kappa shape index (κ3) is 4.35. The summed E-state index contributed by atoms with van der Waals surface area (Å²) in [6.45, 7) is 0. The summed E-state index contributed by atoms with van der Waals surface area (Å²) >= 11 is 0. The van der Waals surface area contributed by atoms with Gasteiger partial charge in [-0.05, 0) is 48.7 Å². The summed E-state index contributed by atoms with van der Waals surface area (Å²) in [5.41, 5.74) is 4.34. The highest BCUT2D eigenvalue weighted by molar-refractivity contribution is 6.05. The van der Waals surface area contributed by atoms with E-state index < -0.39 is 12.0 Å². The number of aryl methyl sites for hydroxylation is 1. The summed E-state index contributed by atoms with van der Waals surface area (Å²) in [5, 5.41) is 4.33. The second kappa shape index (κ2) is 9.69. The van der Waals surface area contributed by atoms with Crippen LogP contribution < -0.4 is 20.5 Å². The highest BCUT2D eigenvalue weighted by Gasteiger charge is 2.42. The normalized spacial score (nSPS) is 19.9. The molecular weight excluding hydrogens is 458 g/mol. The van der Waals surface area contributed by atoms with Crippen LogP contribution >= 0.6 is 0 Å². The van der Waals surface area contributed by atoms with Crippen LogP contribution in [0.15, 0.2) is 73.1 Å². The first-order chi connectivity index (χ1) is 17.5. The van der Waals surface area contributed by atoms with E-state index in [0.29, 0.717) is 35.7 Å². The summed E-state index contributed by atoms with van der Waals surface area (Å²) in [6, 6.07) is 13.6. The standard InChI is InChI=1S/C27H27N5O4/c1-31-15-14-28-24(31)23(17-10-12-20(36-2)13-11-17)29-25(33)18-6-5-7-19(16-18)32-27(35)22-9-4-3-8-21(22)26(34)30-32/h3-7,10-16,21-23H,8-9H2,1-2H3,(H,29,33)(H,30,34). The van der Waals surface area contributed by atoms with Crippen molar-refractivity contribution in [2.45, 2.75) is 18.9 Å². The molecule has 1 aromatic heterocycles. The molecule has 0 spiro atoms. The maximum absolute atomic E-state index is 13.4. The van der Waals surface area contributed by atoms with Crippen molar-refractivity contribution in [2.75, 3.05) is 12.1 Å². The first kappa shape index (κ1) is 23.3. The van der Waals surface area contributed by atoms with E-state index in [1.165, 1.54) is 5.01 Å². The van der Waals surface area contributed by atoms with Crippen LogP contribution in [0.25, 0.3) is 0 Å². The average Bonchev–Trinajstić information content (AvgIpc) is 3.34. The second-order valence-electron chi connectivity index (χ2n) is 8.93. The van der Waals surface area contributed by atoms with Gasteiger partial charge >= 0.3 is 0 Å². The molecule has 36 heavy (non-hydrogen) atoms. The Kier molecular flexibility index (Phi) is 6.28. The molecule has 1 fully saturated rings. The lowest BCUT2D eigenvalue weighted by atomic mass is 9.80. The van der Waals surface area contributed by atoms with Crippen molar-refractivity contribution >= 4 is 23.4 Å². The van der Waals surface area contributed by atoms with Crippen molar-refractivity contribution in [3.63, 3.8) is 0 Å². The van der Waals surface area contributed by atoms with Gasteiger partial charge in [-0.25, -0.2) is 9.99 Å². The molecule has 9 nitrogen and oxygen atoms in total. The molecule has 2 heterocycles. The molecule has 1 saturated heterocycles. The van der Waals surface area contributed by atoms with Crippen LogP contribution in [0.4, 0.5) is 5.69 Å². The number of hydrogen-bond donors (Lipinski definition) is 2. The van der Waals surface area contributed by atoms with E-state index in [-0.39, 0.29) is 23.6 Å².